The van der Waals surface area contributed by atoms with Crippen LogP contribution in [-0.2, 0) is 11.3 Å². The minimum Gasteiger partial charge on any atom is -0.493 e. The lowest BCUT2D eigenvalue weighted by molar-refractivity contribution is 0.155. The quantitative estimate of drug-likeness (QED) is 0.671. The van der Waals surface area contributed by atoms with Gasteiger partial charge >= 0.3 is 0 Å². The number of rotatable bonds is 9. The minimum absolute atomic E-state index is 0.321. The lowest BCUT2D eigenvalue weighted by atomic mass is 10.2. The number of ether oxygens (including phenoxy) is 2. The van der Waals surface area contributed by atoms with Gasteiger partial charge in [-0.05, 0) is 24.6 Å². The van der Waals surface area contributed by atoms with Gasteiger partial charge in [-0.2, -0.15) is 0 Å². The second kappa shape index (κ2) is 8.85. The number of nitrogens with one attached hydrogen (secondary N) is 1. The van der Waals surface area contributed by atoms with Gasteiger partial charge in [-0.1, -0.05) is 0 Å². The largest absolute Gasteiger partial charge is 0.493 e. The van der Waals surface area contributed by atoms with E-state index < -0.39 is 6.10 Å². The minimum atomic E-state index is -0.413. The summed E-state index contributed by atoms with van der Waals surface area (Å²) in [6, 6.07) is 4.62. The average Bonchev–Trinajstić information content (AvgIpc) is 2.34. The van der Waals surface area contributed by atoms with E-state index in [1.807, 2.05) is 0 Å². The van der Waals surface area contributed by atoms with Gasteiger partial charge in [-0.25, -0.2) is 4.39 Å². The zero-order valence-electron chi connectivity index (χ0n) is 11.5. The Kier molecular flexibility index (Phi) is 7.40. The molecule has 2 N–H and O–H groups in total. The number of halogens is 1. The first-order valence-electron chi connectivity index (χ1n) is 6.42. The summed E-state index contributed by atoms with van der Waals surface area (Å²) in [6.45, 7) is 3.96. The molecule has 0 amide bonds. The first kappa shape index (κ1) is 15.9. The third-order valence-electron chi connectivity index (χ3n) is 2.55. The molecule has 1 aromatic rings. The summed E-state index contributed by atoms with van der Waals surface area (Å²) in [5.74, 6) is 0.169. The predicted molar refractivity (Wildman–Crippen MR) is 71.8 cm³/mol. The van der Waals surface area contributed by atoms with Crippen LogP contribution in [0.15, 0.2) is 18.2 Å². The van der Waals surface area contributed by atoms with Gasteiger partial charge in [0.1, 0.15) is 11.6 Å². The number of aliphatic hydroxyl groups is 1. The molecule has 0 radical (unpaired) electrons. The highest BCUT2D eigenvalue weighted by Crippen LogP contribution is 2.16. The maximum atomic E-state index is 13.4. The lowest BCUT2D eigenvalue weighted by Crippen LogP contribution is -2.18. The van der Waals surface area contributed by atoms with E-state index in [2.05, 4.69) is 5.32 Å². The maximum Gasteiger partial charge on any atom is 0.127 e. The van der Waals surface area contributed by atoms with Crippen LogP contribution in [-0.4, -0.2) is 38.1 Å². The van der Waals surface area contributed by atoms with Crippen LogP contribution < -0.4 is 10.1 Å². The molecule has 0 aliphatic rings. The van der Waals surface area contributed by atoms with Crippen LogP contribution in [0.1, 0.15) is 18.9 Å². The number of methoxy groups -OCH3 is 1. The summed E-state index contributed by atoms with van der Waals surface area (Å²) >= 11 is 0. The first-order valence-corrected chi connectivity index (χ1v) is 6.42. The highest BCUT2D eigenvalue weighted by atomic mass is 19.1. The molecule has 0 saturated heterocycles. The van der Waals surface area contributed by atoms with E-state index in [4.69, 9.17) is 14.6 Å². The van der Waals surface area contributed by atoms with Crippen LogP contribution >= 0.6 is 0 Å². The fraction of sp³-hybridized carbons (Fsp3) is 0.571. The van der Waals surface area contributed by atoms with Gasteiger partial charge < -0.3 is 19.9 Å². The predicted octanol–water partition coefficient (Wildman–Crippen LogP) is 1.71. The topological polar surface area (TPSA) is 50.7 Å². The van der Waals surface area contributed by atoms with Crippen molar-refractivity contribution >= 4 is 0 Å². The van der Waals surface area contributed by atoms with Crippen molar-refractivity contribution < 1.29 is 19.0 Å². The number of hydrogen-bond donors (Lipinski definition) is 2. The van der Waals surface area contributed by atoms with Crippen LogP contribution in [0.3, 0.4) is 0 Å². The molecular formula is C14H22FNO3. The molecule has 0 aromatic heterocycles. The highest BCUT2D eigenvalue weighted by Gasteiger charge is 2.03. The van der Waals surface area contributed by atoms with E-state index in [9.17, 15) is 4.39 Å². The second-order valence-corrected chi connectivity index (χ2v) is 4.45. The molecule has 19 heavy (non-hydrogen) atoms. The molecule has 0 bridgehead atoms. The van der Waals surface area contributed by atoms with Crippen LogP contribution in [0.5, 0.6) is 5.75 Å². The zero-order chi connectivity index (χ0) is 14.1. The summed E-state index contributed by atoms with van der Waals surface area (Å²) in [6.07, 6.45) is 0.113. The molecular weight excluding hydrogens is 249 g/mol. The average molecular weight is 271 g/mol. The standard InChI is InChI=1S/C14H22FNO3/c1-11(17)3-5-19-14-8-12(7-13(15)9-14)10-16-4-6-18-2/h7-9,11,16-17H,3-6,10H2,1-2H3. The molecule has 0 aliphatic carbocycles. The van der Waals surface area contributed by atoms with E-state index in [0.717, 1.165) is 5.56 Å². The van der Waals surface area contributed by atoms with Gasteiger partial charge in [0.05, 0.1) is 19.3 Å². The maximum absolute atomic E-state index is 13.4. The van der Waals surface area contributed by atoms with Crippen LogP contribution in [0.2, 0.25) is 0 Å². The number of hydrogen-bond acceptors (Lipinski definition) is 4. The Labute approximate surface area is 113 Å². The van der Waals surface area contributed by atoms with Crippen molar-refractivity contribution in [1.29, 1.82) is 0 Å². The molecule has 5 heteroatoms. The highest BCUT2D eigenvalue weighted by molar-refractivity contribution is 5.29. The molecule has 0 spiro atoms. The Morgan fingerprint density at radius 2 is 2.11 bits per heavy atom. The summed E-state index contributed by atoms with van der Waals surface area (Å²) in [7, 11) is 1.64. The van der Waals surface area contributed by atoms with Crippen molar-refractivity contribution in [2.45, 2.75) is 26.0 Å². The van der Waals surface area contributed by atoms with Crippen LogP contribution in [0.25, 0.3) is 0 Å². The van der Waals surface area contributed by atoms with Gasteiger partial charge in [0.2, 0.25) is 0 Å². The van der Waals surface area contributed by atoms with Gasteiger partial charge in [0.25, 0.3) is 0 Å². The van der Waals surface area contributed by atoms with Gasteiger partial charge in [-0.15, -0.1) is 0 Å². The molecule has 1 rings (SSSR count). The van der Waals surface area contributed by atoms with Crippen molar-refractivity contribution in [3.63, 3.8) is 0 Å². The van der Waals surface area contributed by atoms with E-state index in [1.165, 1.54) is 12.1 Å². The Morgan fingerprint density at radius 3 is 2.79 bits per heavy atom. The summed E-state index contributed by atoms with van der Waals surface area (Å²) in [5, 5.41) is 12.3. The summed E-state index contributed by atoms with van der Waals surface area (Å²) < 4.78 is 23.7. The third-order valence-corrected chi connectivity index (χ3v) is 2.55. The van der Waals surface area contributed by atoms with E-state index in [-0.39, 0.29) is 5.82 Å². The van der Waals surface area contributed by atoms with Crippen LogP contribution in [0.4, 0.5) is 4.39 Å². The summed E-state index contributed by atoms with van der Waals surface area (Å²) in [5.41, 5.74) is 0.822. The Morgan fingerprint density at radius 1 is 1.32 bits per heavy atom. The number of aliphatic hydroxyl groups excluding tert-OH is 1. The Balaban J connectivity index is 2.46. The molecule has 1 atom stereocenters. The number of benzene rings is 1. The molecule has 0 heterocycles. The molecule has 1 aromatic carbocycles. The lowest BCUT2D eigenvalue weighted by Gasteiger charge is -2.10. The Bertz CT molecular complexity index is 372. The molecule has 4 nitrogen and oxygen atoms in total. The zero-order valence-corrected chi connectivity index (χ0v) is 11.5. The van der Waals surface area contributed by atoms with Gasteiger partial charge in [-0.3, -0.25) is 0 Å². The van der Waals surface area contributed by atoms with Crippen molar-refractivity contribution in [2.75, 3.05) is 26.9 Å². The smallest absolute Gasteiger partial charge is 0.127 e. The molecule has 1 unspecified atom stereocenters. The molecule has 108 valence electrons. The van der Waals surface area contributed by atoms with Gasteiger partial charge in [0, 0.05) is 32.7 Å². The molecule has 0 fully saturated rings. The molecule has 0 saturated carbocycles. The van der Waals surface area contributed by atoms with Crippen molar-refractivity contribution in [2.24, 2.45) is 0 Å². The third kappa shape index (κ3) is 7.10. The SMILES string of the molecule is COCCNCc1cc(F)cc(OCCC(C)O)c1. The van der Waals surface area contributed by atoms with E-state index >= 15 is 0 Å². The fourth-order valence-corrected chi connectivity index (χ4v) is 1.56. The van der Waals surface area contributed by atoms with Crippen molar-refractivity contribution in [3.05, 3.63) is 29.6 Å². The van der Waals surface area contributed by atoms with Crippen LogP contribution in [0, 0.1) is 5.82 Å². The molecule has 0 aliphatic heterocycles. The Hall–Kier alpha value is -1.17. The summed E-state index contributed by atoms with van der Waals surface area (Å²) in [4.78, 5) is 0. The van der Waals surface area contributed by atoms with Gasteiger partial charge in [0.15, 0.2) is 0 Å². The van der Waals surface area contributed by atoms with E-state index in [0.29, 0.717) is 38.5 Å². The van der Waals surface area contributed by atoms with Crippen molar-refractivity contribution in [3.8, 4) is 5.75 Å². The van der Waals surface area contributed by atoms with E-state index in [1.54, 1.807) is 20.1 Å². The fourth-order valence-electron chi connectivity index (χ4n) is 1.56. The normalized spacial score (nSPS) is 12.4. The van der Waals surface area contributed by atoms with Crippen molar-refractivity contribution in [1.82, 2.24) is 5.32 Å². The second-order valence-electron chi connectivity index (χ2n) is 4.45. The first-order chi connectivity index (χ1) is 9.11. The monoisotopic (exact) mass is 271 g/mol.